The summed E-state index contributed by atoms with van der Waals surface area (Å²) < 4.78 is 6.73. The number of carbonyl (C=O) groups is 1. The number of hydrogen-bond acceptors (Lipinski definition) is 4. The predicted molar refractivity (Wildman–Crippen MR) is 122 cm³/mol. The van der Waals surface area contributed by atoms with Crippen molar-refractivity contribution in [2.24, 2.45) is 0 Å². The SMILES string of the molecule is CCOc1ccc(NC(=O)Cn2nc(-c3ccc(C)cc3)c3c(c2=O)CCCC3)cc1. The second-order valence-corrected chi connectivity index (χ2v) is 7.85. The first kappa shape index (κ1) is 20.8. The van der Waals surface area contributed by atoms with Gasteiger partial charge in [0.05, 0.1) is 12.3 Å². The standard InChI is InChI=1S/C25H27N3O3/c1-3-31-20-14-12-19(13-15-20)26-23(29)16-28-25(30)22-7-5-4-6-21(22)24(27-28)18-10-8-17(2)9-11-18/h8-15H,3-7,16H2,1-2H3,(H,26,29). The second-order valence-electron chi connectivity index (χ2n) is 7.85. The minimum absolute atomic E-state index is 0.127. The Morgan fingerprint density at radius 1 is 1.03 bits per heavy atom. The molecule has 0 saturated heterocycles. The predicted octanol–water partition coefficient (Wildman–Crippen LogP) is 4.13. The van der Waals surface area contributed by atoms with Gasteiger partial charge in [-0.3, -0.25) is 9.59 Å². The third kappa shape index (κ3) is 4.68. The zero-order chi connectivity index (χ0) is 21.8. The van der Waals surface area contributed by atoms with E-state index in [1.807, 2.05) is 38.1 Å². The number of nitrogens with one attached hydrogen (secondary N) is 1. The summed E-state index contributed by atoms with van der Waals surface area (Å²) in [6, 6.07) is 15.3. The Bertz CT molecular complexity index is 1130. The lowest BCUT2D eigenvalue weighted by molar-refractivity contribution is -0.117. The average Bonchev–Trinajstić information content (AvgIpc) is 2.78. The molecule has 6 heteroatoms. The highest BCUT2D eigenvalue weighted by Crippen LogP contribution is 2.28. The molecule has 31 heavy (non-hydrogen) atoms. The molecule has 0 bridgehead atoms. The molecule has 0 aliphatic heterocycles. The van der Waals surface area contributed by atoms with E-state index in [-0.39, 0.29) is 18.0 Å². The molecule has 160 valence electrons. The molecule has 3 aromatic rings. The molecule has 6 nitrogen and oxygen atoms in total. The fraction of sp³-hybridized carbons (Fsp3) is 0.320. The van der Waals surface area contributed by atoms with Crippen molar-refractivity contribution in [2.75, 3.05) is 11.9 Å². The molecule has 0 fully saturated rings. The highest BCUT2D eigenvalue weighted by atomic mass is 16.5. The summed E-state index contributed by atoms with van der Waals surface area (Å²) in [6.07, 6.45) is 3.61. The molecule has 0 radical (unpaired) electrons. The summed E-state index contributed by atoms with van der Waals surface area (Å²) >= 11 is 0. The maximum atomic E-state index is 13.1. The lowest BCUT2D eigenvalue weighted by atomic mass is 9.89. The number of hydrogen-bond donors (Lipinski definition) is 1. The maximum absolute atomic E-state index is 13.1. The van der Waals surface area contributed by atoms with Crippen molar-refractivity contribution in [1.29, 1.82) is 0 Å². The van der Waals surface area contributed by atoms with Crippen LogP contribution in [0.3, 0.4) is 0 Å². The number of amides is 1. The van der Waals surface area contributed by atoms with Crippen molar-refractivity contribution >= 4 is 11.6 Å². The summed E-state index contributed by atoms with van der Waals surface area (Å²) in [5.41, 5.74) is 5.27. The first-order valence-electron chi connectivity index (χ1n) is 10.8. The van der Waals surface area contributed by atoms with E-state index in [1.165, 1.54) is 10.2 Å². The Labute approximate surface area is 181 Å². The smallest absolute Gasteiger partial charge is 0.270 e. The largest absolute Gasteiger partial charge is 0.494 e. The average molecular weight is 418 g/mol. The van der Waals surface area contributed by atoms with Crippen molar-refractivity contribution < 1.29 is 9.53 Å². The van der Waals surface area contributed by atoms with Gasteiger partial charge in [-0.05, 0) is 69.4 Å². The van der Waals surface area contributed by atoms with Crippen molar-refractivity contribution in [1.82, 2.24) is 9.78 Å². The van der Waals surface area contributed by atoms with Gasteiger partial charge in [0.1, 0.15) is 12.3 Å². The molecule has 1 heterocycles. The monoisotopic (exact) mass is 417 g/mol. The molecule has 1 aromatic heterocycles. The number of anilines is 1. The number of rotatable bonds is 6. The molecule has 0 atom stereocenters. The van der Waals surface area contributed by atoms with E-state index in [1.54, 1.807) is 24.3 Å². The van der Waals surface area contributed by atoms with Gasteiger partial charge in [-0.25, -0.2) is 4.68 Å². The van der Waals surface area contributed by atoms with Crippen molar-refractivity contribution in [3.8, 4) is 17.0 Å². The van der Waals surface area contributed by atoms with E-state index in [0.29, 0.717) is 12.3 Å². The van der Waals surface area contributed by atoms with Gasteiger partial charge in [0.15, 0.2) is 0 Å². The topological polar surface area (TPSA) is 73.2 Å². The molecule has 2 aromatic carbocycles. The van der Waals surface area contributed by atoms with Crippen LogP contribution >= 0.6 is 0 Å². The van der Waals surface area contributed by atoms with E-state index in [2.05, 4.69) is 10.4 Å². The number of aromatic nitrogens is 2. The number of aryl methyl sites for hydroxylation is 1. The molecular weight excluding hydrogens is 390 g/mol. The fourth-order valence-electron chi connectivity index (χ4n) is 3.97. The van der Waals surface area contributed by atoms with Gasteiger partial charge < -0.3 is 10.1 Å². The fourth-order valence-corrected chi connectivity index (χ4v) is 3.97. The minimum atomic E-state index is -0.288. The Morgan fingerprint density at radius 2 is 1.71 bits per heavy atom. The Balaban J connectivity index is 1.61. The van der Waals surface area contributed by atoms with Crippen LogP contribution in [0.5, 0.6) is 5.75 Å². The lowest BCUT2D eigenvalue weighted by Crippen LogP contribution is -2.34. The zero-order valence-electron chi connectivity index (χ0n) is 18.0. The van der Waals surface area contributed by atoms with Crippen LogP contribution in [0.4, 0.5) is 5.69 Å². The Kier molecular flexibility index (Phi) is 6.16. The van der Waals surface area contributed by atoms with E-state index >= 15 is 0 Å². The van der Waals surface area contributed by atoms with Crippen LogP contribution in [-0.2, 0) is 24.2 Å². The van der Waals surface area contributed by atoms with E-state index in [9.17, 15) is 9.59 Å². The zero-order valence-corrected chi connectivity index (χ0v) is 18.0. The quantitative estimate of drug-likeness (QED) is 0.654. The van der Waals surface area contributed by atoms with Crippen LogP contribution in [0.1, 0.15) is 36.5 Å². The second kappa shape index (κ2) is 9.16. The number of fused-ring (bicyclic) bond motifs is 1. The van der Waals surface area contributed by atoms with Crippen LogP contribution in [0.15, 0.2) is 53.3 Å². The van der Waals surface area contributed by atoms with Gasteiger partial charge >= 0.3 is 0 Å². The molecule has 1 N–H and O–H groups in total. The molecule has 4 rings (SSSR count). The molecule has 1 aliphatic carbocycles. The summed E-state index contributed by atoms with van der Waals surface area (Å²) in [6.45, 7) is 4.42. The molecule has 0 unspecified atom stereocenters. The molecule has 0 saturated carbocycles. The normalized spacial score (nSPS) is 12.8. The van der Waals surface area contributed by atoms with Crippen LogP contribution in [0.25, 0.3) is 11.3 Å². The van der Waals surface area contributed by atoms with Gasteiger partial charge in [-0.15, -0.1) is 0 Å². The third-order valence-corrected chi connectivity index (χ3v) is 5.53. The number of nitrogens with zero attached hydrogens (tertiary/aromatic N) is 2. The van der Waals surface area contributed by atoms with Crippen molar-refractivity contribution in [3.63, 3.8) is 0 Å². The summed E-state index contributed by atoms with van der Waals surface area (Å²) in [5, 5.41) is 7.47. The first-order valence-corrected chi connectivity index (χ1v) is 10.8. The van der Waals surface area contributed by atoms with E-state index in [4.69, 9.17) is 4.74 Å². The highest BCUT2D eigenvalue weighted by Gasteiger charge is 2.22. The lowest BCUT2D eigenvalue weighted by Gasteiger charge is -2.20. The van der Waals surface area contributed by atoms with Gasteiger partial charge in [-0.2, -0.15) is 5.10 Å². The van der Waals surface area contributed by atoms with Crippen LogP contribution in [0.2, 0.25) is 0 Å². The van der Waals surface area contributed by atoms with Crippen LogP contribution in [0, 0.1) is 6.92 Å². The molecule has 1 amide bonds. The first-order chi connectivity index (χ1) is 15.0. The Hall–Kier alpha value is -3.41. The molecular formula is C25H27N3O3. The number of ether oxygens (including phenoxy) is 1. The van der Waals surface area contributed by atoms with Crippen molar-refractivity contribution in [2.45, 2.75) is 46.1 Å². The summed E-state index contributed by atoms with van der Waals surface area (Å²) in [5.74, 6) is 0.459. The molecule has 0 spiro atoms. The minimum Gasteiger partial charge on any atom is -0.494 e. The number of carbonyl (C=O) groups excluding carboxylic acids is 1. The van der Waals surface area contributed by atoms with Gasteiger partial charge in [0, 0.05) is 16.8 Å². The summed E-state index contributed by atoms with van der Waals surface area (Å²) in [4.78, 5) is 25.7. The Morgan fingerprint density at radius 3 is 2.39 bits per heavy atom. The summed E-state index contributed by atoms with van der Waals surface area (Å²) in [7, 11) is 0. The van der Waals surface area contributed by atoms with E-state index < -0.39 is 0 Å². The van der Waals surface area contributed by atoms with Crippen LogP contribution in [-0.4, -0.2) is 22.3 Å². The maximum Gasteiger partial charge on any atom is 0.270 e. The van der Waals surface area contributed by atoms with Crippen LogP contribution < -0.4 is 15.6 Å². The molecule has 1 aliphatic rings. The van der Waals surface area contributed by atoms with E-state index in [0.717, 1.165) is 53.8 Å². The third-order valence-electron chi connectivity index (χ3n) is 5.53. The van der Waals surface area contributed by atoms with Gasteiger partial charge in [0.25, 0.3) is 5.56 Å². The van der Waals surface area contributed by atoms with Crippen molar-refractivity contribution in [3.05, 3.63) is 75.6 Å². The van der Waals surface area contributed by atoms with Gasteiger partial charge in [-0.1, -0.05) is 29.8 Å². The van der Waals surface area contributed by atoms with Gasteiger partial charge in [0.2, 0.25) is 5.91 Å². The number of benzene rings is 2. The highest BCUT2D eigenvalue weighted by molar-refractivity contribution is 5.90.